The fraction of sp³-hybridized carbons (Fsp3) is 0.222. The minimum Gasteiger partial charge on any atom is -0.411 e. The third-order valence-corrected chi connectivity index (χ3v) is 1.57. The number of hydrogen-bond donors (Lipinski definition) is 1. The van der Waals surface area contributed by atoms with Crippen LogP contribution in [0, 0.1) is 6.07 Å². The second-order valence-corrected chi connectivity index (χ2v) is 2.22. The van der Waals surface area contributed by atoms with E-state index in [4.69, 9.17) is 5.21 Å². The van der Waals surface area contributed by atoms with Crippen molar-refractivity contribution in [3.63, 3.8) is 0 Å². The van der Waals surface area contributed by atoms with E-state index in [1.165, 1.54) is 11.8 Å². The molecule has 1 N–H and O–H groups in total. The van der Waals surface area contributed by atoms with Crippen LogP contribution in [0.3, 0.4) is 0 Å². The standard InChI is InChI=1S/C9H10NO/c1-2-8-5-3-4-6-9(8)7-10-11/h3,5-7,11H,2H2,1H3. The monoisotopic (exact) mass is 148 g/mol. The molecule has 0 spiro atoms. The van der Waals surface area contributed by atoms with Gasteiger partial charge in [-0.3, -0.25) is 0 Å². The van der Waals surface area contributed by atoms with Crippen molar-refractivity contribution in [1.82, 2.24) is 0 Å². The van der Waals surface area contributed by atoms with E-state index in [-0.39, 0.29) is 0 Å². The van der Waals surface area contributed by atoms with Gasteiger partial charge in [-0.25, -0.2) is 0 Å². The maximum absolute atomic E-state index is 8.30. The Balaban J connectivity index is 3.02. The van der Waals surface area contributed by atoms with E-state index in [1.54, 1.807) is 6.07 Å². The smallest absolute Gasteiger partial charge is 0.0736 e. The molecule has 0 aliphatic rings. The van der Waals surface area contributed by atoms with Gasteiger partial charge >= 0.3 is 0 Å². The molecule has 0 aliphatic carbocycles. The van der Waals surface area contributed by atoms with Crippen molar-refractivity contribution in [3.05, 3.63) is 35.4 Å². The molecule has 2 nitrogen and oxygen atoms in total. The van der Waals surface area contributed by atoms with Crippen molar-refractivity contribution in [3.8, 4) is 0 Å². The Kier molecular flexibility index (Phi) is 2.66. The molecule has 0 unspecified atom stereocenters. The average molecular weight is 148 g/mol. The van der Waals surface area contributed by atoms with E-state index in [0.29, 0.717) is 0 Å². The van der Waals surface area contributed by atoms with E-state index in [1.807, 2.05) is 12.1 Å². The molecule has 11 heavy (non-hydrogen) atoms. The van der Waals surface area contributed by atoms with Crippen LogP contribution < -0.4 is 0 Å². The lowest BCUT2D eigenvalue weighted by atomic mass is 10.1. The Bertz CT molecular complexity index is 255. The highest BCUT2D eigenvalue weighted by atomic mass is 16.4. The Morgan fingerprint density at radius 3 is 3.18 bits per heavy atom. The molecule has 0 aromatic heterocycles. The van der Waals surface area contributed by atoms with Crippen LogP contribution in [0.1, 0.15) is 18.1 Å². The van der Waals surface area contributed by atoms with Crippen molar-refractivity contribution >= 4 is 6.21 Å². The van der Waals surface area contributed by atoms with Gasteiger partial charge in [0.05, 0.1) is 6.21 Å². The van der Waals surface area contributed by atoms with Crippen LogP contribution in [0.2, 0.25) is 0 Å². The van der Waals surface area contributed by atoms with E-state index in [9.17, 15) is 0 Å². The maximum atomic E-state index is 8.30. The molecule has 0 fully saturated rings. The fourth-order valence-corrected chi connectivity index (χ4v) is 0.980. The third kappa shape index (κ3) is 1.80. The molecular formula is C9H10NO. The summed E-state index contributed by atoms with van der Waals surface area (Å²) >= 11 is 0. The number of benzene rings is 1. The molecule has 0 bridgehead atoms. The SMILES string of the molecule is CCc1cc[c]cc1C=NO. The van der Waals surface area contributed by atoms with Crippen LogP contribution in [0.25, 0.3) is 0 Å². The van der Waals surface area contributed by atoms with Crippen LogP contribution in [0.5, 0.6) is 0 Å². The lowest BCUT2D eigenvalue weighted by Crippen LogP contribution is -1.89. The van der Waals surface area contributed by atoms with Gasteiger partial charge in [-0.2, -0.15) is 0 Å². The van der Waals surface area contributed by atoms with E-state index < -0.39 is 0 Å². The van der Waals surface area contributed by atoms with Crippen LogP contribution >= 0.6 is 0 Å². The van der Waals surface area contributed by atoms with Gasteiger partial charge in [-0.05, 0) is 29.7 Å². The number of aryl methyl sites for hydroxylation is 1. The van der Waals surface area contributed by atoms with Gasteiger partial charge in [0.25, 0.3) is 0 Å². The summed E-state index contributed by atoms with van der Waals surface area (Å²) in [6.07, 6.45) is 2.37. The van der Waals surface area contributed by atoms with Crippen molar-refractivity contribution in [2.45, 2.75) is 13.3 Å². The van der Waals surface area contributed by atoms with Crippen molar-refractivity contribution in [2.24, 2.45) is 5.16 Å². The normalized spacial score (nSPS) is 10.6. The summed E-state index contributed by atoms with van der Waals surface area (Å²) < 4.78 is 0. The summed E-state index contributed by atoms with van der Waals surface area (Å²) in [5.41, 5.74) is 2.10. The second-order valence-electron chi connectivity index (χ2n) is 2.22. The van der Waals surface area contributed by atoms with E-state index in [0.717, 1.165) is 12.0 Å². The Morgan fingerprint density at radius 2 is 2.55 bits per heavy atom. The maximum Gasteiger partial charge on any atom is 0.0736 e. The minimum atomic E-state index is 0.928. The van der Waals surface area contributed by atoms with Gasteiger partial charge in [0, 0.05) is 0 Å². The molecule has 1 aromatic rings. The minimum absolute atomic E-state index is 0.928. The van der Waals surface area contributed by atoms with Gasteiger partial charge in [-0.1, -0.05) is 24.2 Å². The number of oxime groups is 1. The predicted octanol–water partition coefficient (Wildman–Crippen LogP) is 1.86. The topological polar surface area (TPSA) is 32.6 Å². The predicted molar refractivity (Wildman–Crippen MR) is 44.0 cm³/mol. The van der Waals surface area contributed by atoms with Gasteiger partial charge < -0.3 is 5.21 Å². The Labute approximate surface area is 66.2 Å². The zero-order valence-corrected chi connectivity index (χ0v) is 6.41. The van der Waals surface area contributed by atoms with Crippen LogP contribution in [0.4, 0.5) is 0 Å². The number of nitrogens with zero attached hydrogens (tertiary/aromatic N) is 1. The van der Waals surface area contributed by atoms with Crippen LogP contribution in [-0.4, -0.2) is 11.4 Å². The molecule has 0 atom stereocenters. The zero-order valence-electron chi connectivity index (χ0n) is 6.41. The Morgan fingerprint density at radius 1 is 1.73 bits per heavy atom. The molecule has 1 aromatic carbocycles. The largest absolute Gasteiger partial charge is 0.411 e. The summed E-state index contributed by atoms with van der Waals surface area (Å²) in [5, 5.41) is 11.3. The molecule has 0 amide bonds. The van der Waals surface area contributed by atoms with Gasteiger partial charge in [0.1, 0.15) is 0 Å². The first-order valence-corrected chi connectivity index (χ1v) is 3.55. The lowest BCUT2D eigenvalue weighted by molar-refractivity contribution is 0.322. The van der Waals surface area contributed by atoms with Crippen LogP contribution in [-0.2, 0) is 6.42 Å². The quantitative estimate of drug-likeness (QED) is 0.387. The molecule has 1 radical (unpaired) electrons. The zero-order chi connectivity index (χ0) is 8.10. The first-order valence-electron chi connectivity index (χ1n) is 3.55. The highest BCUT2D eigenvalue weighted by Gasteiger charge is 1.94. The molecule has 57 valence electrons. The molecule has 0 aliphatic heterocycles. The summed E-state index contributed by atoms with van der Waals surface area (Å²) in [7, 11) is 0. The Hall–Kier alpha value is -1.31. The molecule has 1 rings (SSSR count). The van der Waals surface area contributed by atoms with Crippen molar-refractivity contribution in [1.29, 1.82) is 0 Å². The first-order chi connectivity index (χ1) is 5.38. The third-order valence-electron chi connectivity index (χ3n) is 1.57. The second kappa shape index (κ2) is 3.76. The number of hydrogen-bond acceptors (Lipinski definition) is 2. The van der Waals surface area contributed by atoms with Crippen molar-refractivity contribution < 1.29 is 5.21 Å². The first kappa shape index (κ1) is 7.79. The van der Waals surface area contributed by atoms with Gasteiger partial charge in [0.2, 0.25) is 0 Å². The summed E-state index contributed by atoms with van der Waals surface area (Å²) in [4.78, 5) is 0. The van der Waals surface area contributed by atoms with Gasteiger partial charge in [0.15, 0.2) is 0 Å². The highest BCUT2D eigenvalue weighted by molar-refractivity contribution is 5.81. The molecule has 2 heteroatoms. The average Bonchev–Trinajstić information content (AvgIpc) is 2.06. The van der Waals surface area contributed by atoms with Crippen LogP contribution in [0.15, 0.2) is 23.4 Å². The fourth-order valence-electron chi connectivity index (χ4n) is 0.980. The molecule has 0 saturated carbocycles. The van der Waals surface area contributed by atoms with E-state index >= 15 is 0 Å². The van der Waals surface area contributed by atoms with Gasteiger partial charge in [-0.15, -0.1) is 0 Å². The molecular weight excluding hydrogens is 138 g/mol. The molecule has 0 heterocycles. The summed E-state index contributed by atoms with van der Waals surface area (Å²) in [6, 6.07) is 8.55. The highest BCUT2D eigenvalue weighted by Crippen LogP contribution is 2.05. The van der Waals surface area contributed by atoms with E-state index in [2.05, 4.69) is 18.1 Å². The summed E-state index contributed by atoms with van der Waals surface area (Å²) in [5.74, 6) is 0. The summed E-state index contributed by atoms with van der Waals surface area (Å²) in [6.45, 7) is 2.06. The lowest BCUT2D eigenvalue weighted by Gasteiger charge is -1.98. The number of rotatable bonds is 2. The molecule has 0 saturated heterocycles. The van der Waals surface area contributed by atoms with Crippen molar-refractivity contribution in [2.75, 3.05) is 0 Å².